The highest BCUT2D eigenvalue weighted by molar-refractivity contribution is 7.89. The molecule has 128 valence electrons. The van der Waals surface area contributed by atoms with E-state index in [2.05, 4.69) is 5.32 Å². The van der Waals surface area contributed by atoms with Gasteiger partial charge in [-0.05, 0) is 32.9 Å². The van der Waals surface area contributed by atoms with Gasteiger partial charge in [0.25, 0.3) is 0 Å². The molecule has 0 aliphatic rings. The summed E-state index contributed by atoms with van der Waals surface area (Å²) in [7, 11) is -4.01. The van der Waals surface area contributed by atoms with E-state index in [0.717, 1.165) is 0 Å². The molecule has 9 heteroatoms. The largest absolute Gasteiger partial charge is 0.480 e. The van der Waals surface area contributed by atoms with E-state index in [1.807, 2.05) is 4.72 Å². The van der Waals surface area contributed by atoms with Crippen LogP contribution in [0, 0.1) is 0 Å². The van der Waals surface area contributed by atoms with Crippen LogP contribution in [-0.4, -0.2) is 43.8 Å². The van der Waals surface area contributed by atoms with Crippen molar-refractivity contribution in [3.8, 4) is 0 Å². The average Bonchev–Trinajstić information content (AvgIpc) is 2.42. The molecule has 0 saturated heterocycles. The Morgan fingerprint density at radius 3 is 2.26 bits per heavy atom. The lowest BCUT2D eigenvalue weighted by atomic mass is 10.2. The van der Waals surface area contributed by atoms with E-state index in [0.29, 0.717) is 0 Å². The molecule has 0 aromatic heterocycles. The molecule has 3 N–H and O–H groups in total. The number of carboxylic acids is 1. The van der Waals surface area contributed by atoms with Crippen molar-refractivity contribution in [2.75, 3.05) is 6.54 Å². The molecule has 1 amide bonds. The van der Waals surface area contributed by atoms with Gasteiger partial charge in [-0.15, -0.1) is 0 Å². The van der Waals surface area contributed by atoms with Crippen LogP contribution in [0.4, 0.5) is 4.79 Å². The first-order chi connectivity index (χ1) is 10.5. The standard InChI is InChI=1S/C14H20N2O6S/c1-14(2,3)22-13(19)15-9-11(12(17)18)16-23(20,21)10-7-5-4-6-8-10/h4-8,11,16H,9H2,1-3H3,(H,15,19)(H,17,18)/t11-/m0/s1. The lowest BCUT2D eigenvalue weighted by molar-refractivity contribution is -0.138. The third kappa shape index (κ3) is 6.66. The maximum atomic E-state index is 12.1. The SMILES string of the molecule is CC(C)(C)OC(=O)NC[C@H](NS(=O)(=O)c1ccccc1)C(=O)O. The Bertz CT molecular complexity index is 652. The van der Waals surface area contributed by atoms with E-state index in [4.69, 9.17) is 9.84 Å². The quantitative estimate of drug-likeness (QED) is 0.706. The minimum Gasteiger partial charge on any atom is -0.480 e. The molecule has 0 aliphatic heterocycles. The summed E-state index contributed by atoms with van der Waals surface area (Å²) in [5, 5.41) is 11.3. The maximum absolute atomic E-state index is 12.1. The Kier molecular flexibility index (Phi) is 6.11. The molecule has 1 rings (SSSR count). The van der Waals surface area contributed by atoms with Crippen molar-refractivity contribution in [1.82, 2.24) is 10.0 Å². The minimum atomic E-state index is -4.01. The van der Waals surface area contributed by atoms with Crippen LogP contribution < -0.4 is 10.0 Å². The van der Waals surface area contributed by atoms with Gasteiger partial charge in [0.05, 0.1) is 4.90 Å². The molecule has 0 radical (unpaired) electrons. The lowest BCUT2D eigenvalue weighted by Crippen LogP contribution is -2.49. The molecule has 0 unspecified atom stereocenters. The summed E-state index contributed by atoms with van der Waals surface area (Å²) in [6, 6.07) is 5.82. The lowest BCUT2D eigenvalue weighted by Gasteiger charge is -2.21. The molecule has 8 nitrogen and oxygen atoms in total. The van der Waals surface area contributed by atoms with E-state index in [1.54, 1.807) is 26.8 Å². The van der Waals surface area contributed by atoms with Gasteiger partial charge in [0.2, 0.25) is 10.0 Å². The summed E-state index contributed by atoms with van der Waals surface area (Å²) in [4.78, 5) is 22.6. The van der Waals surface area contributed by atoms with Crippen LogP contribution in [0.25, 0.3) is 0 Å². The highest BCUT2D eigenvalue weighted by atomic mass is 32.2. The van der Waals surface area contributed by atoms with Gasteiger partial charge in [-0.1, -0.05) is 18.2 Å². The number of hydrogen-bond donors (Lipinski definition) is 3. The Labute approximate surface area is 134 Å². The van der Waals surface area contributed by atoms with E-state index >= 15 is 0 Å². The number of carbonyl (C=O) groups excluding carboxylic acids is 1. The zero-order valence-electron chi connectivity index (χ0n) is 13.1. The third-order valence-electron chi connectivity index (χ3n) is 2.50. The molecule has 1 atom stereocenters. The first-order valence-electron chi connectivity index (χ1n) is 6.78. The number of ether oxygens (including phenoxy) is 1. The summed E-state index contributed by atoms with van der Waals surface area (Å²) in [6.45, 7) is 4.51. The second kappa shape index (κ2) is 7.42. The van der Waals surface area contributed by atoms with Gasteiger partial charge in [-0.3, -0.25) is 4.79 Å². The zero-order valence-corrected chi connectivity index (χ0v) is 13.9. The summed E-state index contributed by atoms with van der Waals surface area (Å²) in [6.07, 6.45) is -0.831. The van der Waals surface area contributed by atoms with E-state index in [1.165, 1.54) is 24.3 Å². The van der Waals surface area contributed by atoms with Crippen molar-refractivity contribution < 1.29 is 27.9 Å². The van der Waals surface area contributed by atoms with Crippen molar-refractivity contribution in [2.24, 2.45) is 0 Å². The predicted molar refractivity (Wildman–Crippen MR) is 82.4 cm³/mol. The van der Waals surface area contributed by atoms with Crippen LogP contribution >= 0.6 is 0 Å². The van der Waals surface area contributed by atoms with Crippen LogP contribution in [0.2, 0.25) is 0 Å². The topological polar surface area (TPSA) is 122 Å². The first-order valence-corrected chi connectivity index (χ1v) is 8.26. The summed E-state index contributed by atoms with van der Waals surface area (Å²) in [5.74, 6) is -1.42. The van der Waals surface area contributed by atoms with Crippen molar-refractivity contribution in [3.63, 3.8) is 0 Å². The van der Waals surface area contributed by atoms with Crippen molar-refractivity contribution in [3.05, 3.63) is 30.3 Å². The maximum Gasteiger partial charge on any atom is 0.407 e. The number of rotatable bonds is 6. The Hall–Kier alpha value is -2.13. The first kappa shape index (κ1) is 18.9. The fourth-order valence-electron chi connectivity index (χ4n) is 1.53. The van der Waals surface area contributed by atoms with Crippen molar-refractivity contribution >= 4 is 22.1 Å². The molecule has 0 saturated carbocycles. The normalized spacial score (nSPS) is 13.2. The summed E-state index contributed by atoms with van der Waals surface area (Å²) >= 11 is 0. The van der Waals surface area contributed by atoms with Crippen LogP contribution in [-0.2, 0) is 19.6 Å². The number of carbonyl (C=O) groups is 2. The molecular weight excluding hydrogens is 324 g/mol. The molecule has 23 heavy (non-hydrogen) atoms. The Morgan fingerprint density at radius 2 is 1.78 bits per heavy atom. The number of aliphatic carboxylic acids is 1. The second-order valence-electron chi connectivity index (χ2n) is 5.71. The predicted octanol–water partition coefficient (Wildman–Crippen LogP) is 0.943. The number of alkyl carbamates (subject to hydrolysis) is 1. The molecule has 0 bridgehead atoms. The van der Waals surface area contributed by atoms with Gasteiger partial charge in [0.15, 0.2) is 0 Å². The molecule has 0 spiro atoms. The van der Waals surface area contributed by atoms with Crippen LogP contribution in [0.1, 0.15) is 20.8 Å². The average molecular weight is 344 g/mol. The second-order valence-corrected chi connectivity index (χ2v) is 7.42. The summed E-state index contributed by atoms with van der Waals surface area (Å²) in [5.41, 5.74) is -0.744. The number of hydrogen-bond acceptors (Lipinski definition) is 5. The van der Waals surface area contributed by atoms with Crippen LogP contribution in [0.5, 0.6) is 0 Å². The highest BCUT2D eigenvalue weighted by Crippen LogP contribution is 2.09. The number of sulfonamides is 1. The van der Waals surface area contributed by atoms with E-state index < -0.39 is 40.3 Å². The van der Waals surface area contributed by atoms with Gasteiger partial charge >= 0.3 is 12.1 Å². The van der Waals surface area contributed by atoms with Gasteiger partial charge in [0.1, 0.15) is 11.6 Å². The van der Waals surface area contributed by atoms with E-state index in [9.17, 15) is 18.0 Å². The molecule has 0 aliphatic carbocycles. The van der Waals surface area contributed by atoms with Gasteiger partial charge in [-0.25, -0.2) is 13.2 Å². The van der Waals surface area contributed by atoms with Gasteiger partial charge in [-0.2, -0.15) is 4.72 Å². The molecule has 1 aromatic carbocycles. The molecule has 1 aromatic rings. The molecule has 0 fully saturated rings. The van der Waals surface area contributed by atoms with Gasteiger partial charge in [0, 0.05) is 6.54 Å². The van der Waals surface area contributed by atoms with Crippen LogP contribution in [0.3, 0.4) is 0 Å². The summed E-state index contributed by atoms with van der Waals surface area (Å²) < 4.78 is 31.2. The van der Waals surface area contributed by atoms with Crippen molar-refractivity contribution in [2.45, 2.75) is 37.3 Å². The van der Waals surface area contributed by atoms with Gasteiger partial charge < -0.3 is 15.2 Å². The zero-order chi connectivity index (χ0) is 17.7. The monoisotopic (exact) mass is 344 g/mol. The molecule has 0 heterocycles. The Balaban J connectivity index is 2.73. The Morgan fingerprint density at radius 1 is 1.22 bits per heavy atom. The van der Waals surface area contributed by atoms with Crippen LogP contribution in [0.15, 0.2) is 35.2 Å². The fourth-order valence-corrected chi connectivity index (χ4v) is 2.74. The third-order valence-corrected chi connectivity index (χ3v) is 3.99. The molecular formula is C14H20N2O6S. The smallest absolute Gasteiger partial charge is 0.407 e. The highest BCUT2D eigenvalue weighted by Gasteiger charge is 2.26. The fraction of sp³-hybridized carbons (Fsp3) is 0.429. The number of amides is 1. The minimum absolute atomic E-state index is 0.0662. The van der Waals surface area contributed by atoms with Crippen molar-refractivity contribution in [1.29, 1.82) is 0 Å². The number of carboxylic acid groups (broad SMARTS) is 1. The number of nitrogens with one attached hydrogen (secondary N) is 2. The van der Waals surface area contributed by atoms with E-state index in [-0.39, 0.29) is 4.90 Å². The number of benzene rings is 1.